The molecule has 0 saturated carbocycles. The Kier molecular flexibility index (Phi) is 6.22. The fourth-order valence-corrected chi connectivity index (χ4v) is 2.46. The van der Waals surface area contributed by atoms with Crippen LogP contribution in [-0.2, 0) is 14.3 Å². The van der Waals surface area contributed by atoms with Crippen LogP contribution in [0.3, 0.4) is 0 Å². The van der Waals surface area contributed by atoms with E-state index in [0.29, 0.717) is 18.0 Å². The van der Waals surface area contributed by atoms with Gasteiger partial charge in [0.2, 0.25) is 5.91 Å². The number of hydrogen-bond acceptors (Lipinski definition) is 5. The second-order valence-corrected chi connectivity index (χ2v) is 5.39. The number of carbonyl (C=O) groups excluding carboxylic acids is 1. The van der Waals surface area contributed by atoms with E-state index in [2.05, 4.69) is 5.32 Å². The number of nitrogens with one attached hydrogen (secondary N) is 1. The molecule has 2 N–H and O–H groups in total. The van der Waals surface area contributed by atoms with Crippen LogP contribution in [0, 0.1) is 0 Å². The molecule has 1 aromatic rings. The van der Waals surface area contributed by atoms with Crippen molar-refractivity contribution in [3.05, 3.63) is 24.3 Å². The van der Waals surface area contributed by atoms with E-state index in [4.69, 9.17) is 14.6 Å². The molecule has 0 aromatic heterocycles. The smallest absolute Gasteiger partial charge is 0.323 e. The van der Waals surface area contributed by atoms with E-state index in [1.165, 1.54) is 4.90 Å². The van der Waals surface area contributed by atoms with Gasteiger partial charge in [0.25, 0.3) is 0 Å². The van der Waals surface area contributed by atoms with E-state index < -0.39 is 5.97 Å². The van der Waals surface area contributed by atoms with Crippen LogP contribution < -0.4 is 15.0 Å². The monoisotopic (exact) mass is 322 g/mol. The first-order chi connectivity index (χ1) is 11.1. The molecule has 1 aliphatic rings. The molecule has 1 atom stereocenters. The van der Waals surface area contributed by atoms with Gasteiger partial charge in [-0.05, 0) is 37.1 Å². The topological polar surface area (TPSA) is 88.1 Å². The number of carboxylic acid groups (broad SMARTS) is 1. The lowest BCUT2D eigenvalue weighted by molar-refractivity contribution is -0.135. The third-order valence-corrected chi connectivity index (χ3v) is 3.65. The van der Waals surface area contributed by atoms with Crippen LogP contribution in [0.5, 0.6) is 5.75 Å². The summed E-state index contributed by atoms with van der Waals surface area (Å²) in [5, 5.41) is 11.8. The summed E-state index contributed by atoms with van der Waals surface area (Å²) in [6.07, 6.45) is 2.02. The number of amides is 1. The molecular weight excluding hydrogens is 300 g/mol. The van der Waals surface area contributed by atoms with E-state index in [9.17, 15) is 9.59 Å². The zero-order chi connectivity index (χ0) is 16.7. The van der Waals surface area contributed by atoms with Gasteiger partial charge in [-0.2, -0.15) is 0 Å². The third kappa shape index (κ3) is 5.45. The predicted octanol–water partition coefficient (Wildman–Crippen LogP) is 0.881. The maximum absolute atomic E-state index is 12.1. The average Bonchev–Trinajstić information content (AvgIpc) is 3.05. The van der Waals surface area contributed by atoms with Crippen LogP contribution in [0.4, 0.5) is 5.69 Å². The van der Waals surface area contributed by atoms with Crippen molar-refractivity contribution in [1.82, 2.24) is 5.32 Å². The summed E-state index contributed by atoms with van der Waals surface area (Å²) in [5.74, 6) is -0.544. The van der Waals surface area contributed by atoms with Gasteiger partial charge in [-0.1, -0.05) is 0 Å². The molecule has 1 fully saturated rings. The van der Waals surface area contributed by atoms with Crippen molar-refractivity contribution < 1.29 is 24.2 Å². The highest BCUT2D eigenvalue weighted by molar-refractivity contribution is 5.84. The summed E-state index contributed by atoms with van der Waals surface area (Å²) in [4.78, 5) is 24.6. The number of rotatable bonds is 8. The number of benzene rings is 1. The number of carbonyl (C=O) groups is 2. The van der Waals surface area contributed by atoms with Crippen LogP contribution in [0.15, 0.2) is 24.3 Å². The summed E-state index contributed by atoms with van der Waals surface area (Å²) in [7, 11) is 1.56. The Morgan fingerprint density at radius 1 is 1.35 bits per heavy atom. The summed E-state index contributed by atoms with van der Waals surface area (Å²) in [6, 6.07) is 6.92. The van der Waals surface area contributed by atoms with Crippen LogP contribution in [0.25, 0.3) is 0 Å². The first-order valence-corrected chi connectivity index (χ1v) is 7.57. The largest absolute Gasteiger partial charge is 0.497 e. The molecule has 1 aliphatic heterocycles. The van der Waals surface area contributed by atoms with Gasteiger partial charge in [0, 0.05) is 18.8 Å². The summed E-state index contributed by atoms with van der Waals surface area (Å²) in [6.45, 7) is 0.922. The van der Waals surface area contributed by atoms with Crippen LogP contribution in [0.2, 0.25) is 0 Å². The molecule has 0 aliphatic carbocycles. The number of methoxy groups -OCH3 is 1. The third-order valence-electron chi connectivity index (χ3n) is 3.65. The first-order valence-electron chi connectivity index (χ1n) is 7.57. The second kappa shape index (κ2) is 8.38. The fourth-order valence-electron chi connectivity index (χ4n) is 2.46. The second-order valence-electron chi connectivity index (χ2n) is 5.39. The molecule has 1 saturated heterocycles. The lowest BCUT2D eigenvalue weighted by Crippen LogP contribution is -2.42. The molecule has 7 heteroatoms. The van der Waals surface area contributed by atoms with E-state index in [1.54, 1.807) is 31.4 Å². The Balaban J connectivity index is 1.93. The van der Waals surface area contributed by atoms with Gasteiger partial charge in [0.1, 0.15) is 12.3 Å². The number of nitrogens with zero attached hydrogens (tertiary/aromatic N) is 1. The molecule has 7 nitrogen and oxygen atoms in total. The highest BCUT2D eigenvalue weighted by atomic mass is 16.5. The van der Waals surface area contributed by atoms with Crippen LogP contribution in [0.1, 0.15) is 12.8 Å². The van der Waals surface area contributed by atoms with Crippen LogP contribution in [-0.4, -0.2) is 56.4 Å². The van der Waals surface area contributed by atoms with Crippen molar-refractivity contribution in [2.24, 2.45) is 0 Å². The molecule has 126 valence electrons. The predicted molar refractivity (Wildman–Crippen MR) is 84.8 cm³/mol. The molecule has 0 unspecified atom stereocenters. The molecular formula is C16H22N2O5. The maximum Gasteiger partial charge on any atom is 0.323 e. The van der Waals surface area contributed by atoms with E-state index >= 15 is 0 Å². The normalized spacial score (nSPS) is 16.8. The first kappa shape index (κ1) is 17.1. The number of anilines is 1. The van der Waals surface area contributed by atoms with Gasteiger partial charge in [-0.25, -0.2) is 0 Å². The van der Waals surface area contributed by atoms with Crippen molar-refractivity contribution in [1.29, 1.82) is 0 Å². The lowest BCUT2D eigenvalue weighted by atomic mass is 10.2. The zero-order valence-electron chi connectivity index (χ0n) is 13.2. The number of ether oxygens (including phenoxy) is 2. The van der Waals surface area contributed by atoms with Gasteiger partial charge in [0.15, 0.2) is 0 Å². The Labute approximate surface area is 135 Å². The van der Waals surface area contributed by atoms with Crippen LogP contribution >= 0.6 is 0 Å². The standard InChI is InChI=1S/C16H22N2O5/c1-22-13-6-4-12(5-7-13)18(11-16(20)21)10-15(19)17-9-14-3-2-8-23-14/h4-7,14H,2-3,8-11H2,1H3,(H,17,19)(H,20,21)/t14-/m0/s1. The van der Waals surface area contributed by atoms with Gasteiger partial charge >= 0.3 is 5.97 Å². The van der Waals surface area contributed by atoms with Crippen molar-refractivity contribution in [2.75, 3.05) is 38.3 Å². The molecule has 1 heterocycles. The molecule has 1 amide bonds. The van der Waals surface area contributed by atoms with E-state index in [1.807, 2.05) is 0 Å². The molecule has 0 spiro atoms. The summed E-state index contributed by atoms with van der Waals surface area (Å²) in [5.41, 5.74) is 0.653. The Hall–Kier alpha value is -2.28. The van der Waals surface area contributed by atoms with Crippen molar-refractivity contribution in [2.45, 2.75) is 18.9 Å². The number of hydrogen-bond donors (Lipinski definition) is 2. The fraction of sp³-hybridized carbons (Fsp3) is 0.500. The van der Waals surface area contributed by atoms with Gasteiger partial charge in [0.05, 0.1) is 19.8 Å². The van der Waals surface area contributed by atoms with E-state index in [-0.39, 0.29) is 25.1 Å². The molecule has 1 aromatic carbocycles. The number of carboxylic acids is 1. The van der Waals surface area contributed by atoms with Crippen molar-refractivity contribution >= 4 is 17.6 Å². The minimum absolute atomic E-state index is 0.0225. The summed E-state index contributed by atoms with van der Waals surface area (Å²) >= 11 is 0. The molecule has 0 bridgehead atoms. The molecule has 23 heavy (non-hydrogen) atoms. The SMILES string of the molecule is COc1ccc(N(CC(=O)O)CC(=O)NC[C@@H]2CCCO2)cc1. The Morgan fingerprint density at radius 3 is 2.65 bits per heavy atom. The quantitative estimate of drug-likeness (QED) is 0.739. The highest BCUT2D eigenvalue weighted by Gasteiger charge is 2.18. The van der Waals surface area contributed by atoms with Crippen molar-refractivity contribution in [3.63, 3.8) is 0 Å². The Morgan fingerprint density at radius 2 is 2.09 bits per heavy atom. The molecule has 2 rings (SSSR count). The number of aliphatic carboxylic acids is 1. The molecule has 0 radical (unpaired) electrons. The average molecular weight is 322 g/mol. The van der Waals surface area contributed by atoms with E-state index in [0.717, 1.165) is 19.4 Å². The summed E-state index contributed by atoms with van der Waals surface area (Å²) < 4.78 is 10.5. The minimum Gasteiger partial charge on any atom is -0.497 e. The van der Waals surface area contributed by atoms with Gasteiger partial charge in [-0.15, -0.1) is 0 Å². The minimum atomic E-state index is -0.993. The van der Waals surface area contributed by atoms with Gasteiger partial charge in [-0.3, -0.25) is 9.59 Å². The lowest BCUT2D eigenvalue weighted by Gasteiger charge is -2.23. The van der Waals surface area contributed by atoms with Gasteiger partial charge < -0.3 is 24.8 Å². The zero-order valence-corrected chi connectivity index (χ0v) is 13.2. The maximum atomic E-state index is 12.1. The highest BCUT2D eigenvalue weighted by Crippen LogP contribution is 2.19. The Bertz CT molecular complexity index is 526. The van der Waals surface area contributed by atoms with Crippen molar-refractivity contribution in [3.8, 4) is 5.75 Å².